The minimum atomic E-state index is -4.82. The van der Waals surface area contributed by atoms with Crippen LogP contribution < -0.4 is 0 Å². The summed E-state index contributed by atoms with van der Waals surface area (Å²) in [7, 11) is -4.82. The van der Waals surface area contributed by atoms with Gasteiger partial charge in [-0.1, -0.05) is 71.6 Å². The molecule has 0 saturated carbocycles. The summed E-state index contributed by atoms with van der Waals surface area (Å²) in [6.45, 7) is 3.76. The van der Waals surface area contributed by atoms with Crippen molar-refractivity contribution in [1.82, 2.24) is 0 Å². The number of rotatable bonds is 17. The molecule has 0 aliphatic heterocycles. The van der Waals surface area contributed by atoms with Crippen LogP contribution in [-0.2, 0) is 29.2 Å². The summed E-state index contributed by atoms with van der Waals surface area (Å²) in [6.07, 6.45) is 8.85. The first-order valence-electron chi connectivity index (χ1n) is 10.2. The van der Waals surface area contributed by atoms with Gasteiger partial charge in [-0.25, -0.2) is 0 Å². The number of carbonyl (C=O) groups excluding carboxylic acids is 2. The van der Waals surface area contributed by atoms with E-state index >= 15 is 0 Å². The van der Waals surface area contributed by atoms with Gasteiger partial charge >= 0.3 is 11.9 Å². The summed E-state index contributed by atoms with van der Waals surface area (Å²) < 4.78 is 41.3. The van der Waals surface area contributed by atoms with E-state index in [9.17, 15) is 23.1 Å². The van der Waals surface area contributed by atoms with Crippen molar-refractivity contribution in [2.24, 2.45) is 0 Å². The predicted octanol–water partition coefficient (Wildman–Crippen LogP) is 2.61. The summed E-state index contributed by atoms with van der Waals surface area (Å²) in [5, 5.41) is 7.18. The van der Waals surface area contributed by atoms with Crippen LogP contribution in [0.1, 0.15) is 90.9 Å². The van der Waals surface area contributed by atoms with Crippen molar-refractivity contribution in [3.63, 3.8) is 0 Å². The van der Waals surface area contributed by atoms with E-state index in [0.717, 1.165) is 19.3 Å². The fraction of sp³-hybridized carbons (Fsp3) is 0.895. The molecule has 0 heterocycles. The van der Waals surface area contributed by atoms with Gasteiger partial charge in [0.1, 0.15) is 0 Å². The number of hydrogen-bond donors (Lipinski definition) is 2. The van der Waals surface area contributed by atoms with Crippen LogP contribution in [0.2, 0.25) is 0 Å². The molecule has 30 heavy (non-hydrogen) atoms. The second-order valence-corrected chi connectivity index (χ2v) is 8.51. The van der Waals surface area contributed by atoms with E-state index in [1.54, 1.807) is 6.92 Å². The molecule has 0 fully saturated rings. The third-order valence-corrected chi connectivity index (χ3v) is 5.41. The summed E-state index contributed by atoms with van der Waals surface area (Å²) in [5.41, 5.74) is 0. The van der Waals surface area contributed by atoms with E-state index < -0.39 is 40.0 Å². The van der Waals surface area contributed by atoms with Crippen molar-refractivity contribution in [2.45, 2.75) is 102 Å². The maximum absolute atomic E-state index is 11.9. The number of hydrogen-bond acceptors (Lipinski definition) is 7. The van der Waals surface area contributed by atoms with Gasteiger partial charge in [0.2, 0.25) is 0 Å². The van der Waals surface area contributed by atoms with E-state index in [1.165, 1.54) is 38.5 Å². The summed E-state index contributed by atoms with van der Waals surface area (Å²) in [5.74, 6) is -2.30. The van der Waals surface area contributed by atoms with Gasteiger partial charge in [-0.3, -0.25) is 14.1 Å². The summed E-state index contributed by atoms with van der Waals surface area (Å²) >= 11 is 0. The molecule has 168 valence electrons. The number of unbranched alkanes of at least 4 members (excludes halogenated alkanes) is 9. The molecule has 0 amide bonds. The summed E-state index contributed by atoms with van der Waals surface area (Å²) in [6, 6.07) is 0. The van der Waals surface area contributed by atoms with Crippen LogP contribution in [-0.4, -0.2) is 107 Å². The van der Waals surface area contributed by atoms with Crippen LogP contribution in [0.15, 0.2) is 0 Å². The normalized spacial score (nSPS) is 12.8. The van der Waals surface area contributed by atoms with Gasteiger partial charge in [0, 0.05) is 65.5 Å². The predicted molar refractivity (Wildman–Crippen MR) is 117 cm³/mol. The van der Waals surface area contributed by atoms with Gasteiger partial charge in [0.05, 0.1) is 13.0 Å². The molecule has 0 spiro atoms. The third kappa shape index (κ3) is 19.5. The molecule has 0 saturated heterocycles. The fourth-order valence-corrected chi connectivity index (χ4v) is 3.26. The number of ether oxygens (including phenoxy) is 2. The molecule has 0 aromatic rings. The Bertz CT molecular complexity index is 543. The first-order chi connectivity index (χ1) is 13.2. The molecular weight excluding hydrogens is 434 g/mol. The SMILES string of the molecule is CCCCCCCCCCCCOC(=O)C(CC(=O)OC(O)CC)S(=O)(=O)O.[Na].[Na]. The Hall–Kier alpha value is 0.810. The van der Waals surface area contributed by atoms with E-state index in [2.05, 4.69) is 11.7 Å². The molecule has 2 radical (unpaired) electrons. The van der Waals surface area contributed by atoms with Crippen molar-refractivity contribution in [3.05, 3.63) is 0 Å². The van der Waals surface area contributed by atoms with Crippen molar-refractivity contribution in [2.75, 3.05) is 6.61 Å². The molecular formula is C19H36Na2O8S. The molecule has 11 heteroatoms. The maximum Gasteiger partial charge on any atom is 0.327 e. The Morgan fingerprint density at radius 3 is 1.77 bits per heavy atom. The number of aliphatic hydroxyl groups excluding tert-OH is 1. The Labute approximate surface area is 225 Å². The molecule has 2 atom stereocenters. The zero-order chi connectivity index (χ0) is 21.4. The van der Waals surface area contributed by atoms with E-state index in [0.29, 0.717) is 6.42 Å². The zero-order valence-corrected chi connectivity index (χ0v) is 23.9. The standard InChI is InChI=1S/C19H36O8S.2Na/c1-3-5-6-7-8-9-10-11-12-13-14-26-19(22)16(28(23,24)25)15-18(21)27-17(20)4-2;;/h16-17,20H,3-15H2,1-2H3,(H,23,24,25);;. The van der Waals surface area contributed by atoms with Crippen molar-refractivity contribution in [3.8, 4) is 0 Å². The van der Waals surface area contributed by atoms with Crippen molar-refractivity contribution in [1.29, 1.82) is 0 Å². The van der Waals surface area contributed by atoms with Crippen molar-refractivity contribution < 1.29 is 37.1 Å². The van der Waals surface area contributed by atoms with Crippen molar-refractivity contribution >= 4 is 81.2 Å². The molecule has 0 rings (SSSR count). The zero-order valence-electron chi connectivity index (χ0n) is 19.1. The number of esters is 2. The van der Waals surface area contributed by atoms with Crippen LogP contribution in [0.25, 0.3) is 0 Å². The Kier molecular flexibility index (Phi) is 25.5. The Morgan fingerprint density at radius 2 is 1.33 bits per heavy atom. The van der Waals surface area contributed by atoms with Gasteiger partial charge < -0.3 is 14.6 Å². The van der Waals surface area contributed by atoms with Crippen LogP contribution >= 0.6 is 0 Å². The van der Waals surface area contributed by atoms with Crippen LogP contribution in [0, 0.1) is 0 Å². The Balaban J connectivity index is -0.00000364. The largest absolute Gasteiger partial charge is 0.465 e. The average molecular weight is 471 g/mol. The van der Waals surface area contributed by atoms with Crippen LogP contribution in [0.5, 0.6) is 0 Å². The van der Waals surface area contributed by atoms with Gasteiger partial charge in [-0.15, -0.1) is 0 Å². The molecule has 0 bridgehead atoms. The molecule has 2 N–H and O–H groups in total. The molecule has 0 aromatic heterocycles. The van der Waals surface area contributed by atoms with Gasteiger partial charge in [0.25, 0.3) is 10.1 Å². The van der Waals surface area contributed by atoms with Gasteiger partial charge in [0.15, 0.2) is 11.5 Å². The minimum Gasteiger partial charge on any atom is -0.465 e. The van der Waals surface area contributed by atoms with E-state index in [-0.39, 0.29) is 72.1 Å². The average Bonchev–Trinajstić information content (AvgIpc) is 2.62. The smallest absolute Gasteiger partial charge is 0.327 e. The number of carbonyl (C=O) groups is 2. The van der Waals surface area contributed by atoms with E-state index in [1.807, 2.05) is 0 Å². The fourth-order valence-electron chi connectivity index (χ4n) is 2.60. The second kappa shape index (κ2) is 21.6. The minimum absolute atomic E-state index is 0. The van der Waals surface area contributed by atoms with Crippen LogP contribution in [0.3, 0.4) is 0 Å². The van der Waals surface area contributed by atoms with Crippen LogP contribution in [0.4, 0.5) is 0 Å². The maximum atomic E-state index is 11.9. The van der Waals surface area contributed by atoms with E-state index in [4.69, 9.17) is 9.29 Å². The molecule has 0 aliphatic carbocycles. The topological polar surface area (TPSA) is 127 Å². The monoisotopic (exact) mass is 470 g/mol. The third-order valence-electron chi connectivity index (χ3n) is 4.33. The first-order valence-corrected chi connectivity index (χ1v) is 11.7. The molecule has 0 aromatic carbocycles. The Morgan fingerprint density at radius 1 is 0.867 bits per heavy atom. The number of aliphatic hydroxyl groups is 1. The van der Waals surface area contributed by atoms with Gasteiger partial charge in [-0.2, -0.15) is 8.42 Å². The molecule has 8 nitrogen and oxygen atoms in total. The summed E-state index contributed by atoms with van der Waals surface area (Å²) in [4.78, 5) is 23.5. The van der Waals surface area contributed by atoms with Gasteiger partial charge in [-0.05, 0) is 6.42 Å². The first kappa shape index (κ1) is 35.4. The second-order valence-electron chi connectivity index (χ2n) is 6.91. The molecule has 0 aliphatic rings. The molecule has 2 unspecified atom stereocenters. The quantitative estimate of drug-likeness (QED) is 0.109.